The second kappa shape index (κ2) is 4.89. The van der Waals surface area contributed by atoms with E-state index in [1.165, 1.54) is 6.07 Å². The highest BCUT2D eigenvalue weighted by Crippen LogP contribution is 2.49. The molecular formula is C17H18FNO. The predicted octanol–water partition coefficient (Wildman–Crippen LogP) is 3.54. The predicted molar refractivity (Wildman–Crippen MR) is 78.1 cm³/mol. The molecule has 0 spiro atoms. The van der Waals surface area contributed by atoms with Crippen molar-refractivity contribution < 1.29 is 9.18 Å². The van der Waals surface area contributed by atoms with E-state index in [2.05, 4.69) is 11.4 Å². The summed E-state index contributed by atoms with van der Waals surface area (Å²) in [6.45, 7) is 2.50. The lowest BCUT2D eigenvalue weighted by atomic mass is 9.90. The fourth-order valence-corrected chi connectivity index (χ4v) is 2.79. The van der Waals surface area contributed by atoms with Crippen LogP contribution in [0.5, 0.6) is 0 Å². The Hall–Kier alpha value is -1.90. The van der Waals surface area contributed by atoms with Gasteiger partial charge < -0.3 is 5.32 Å². The van der Waals surface area contributed by atoms with Gasteiger partial charge in [-0.2, -0.15) is 0 Å². The second-order valence-corrected chi connectivity index (χ2v) is 5.58. The Balaban J connectivity index is 1.97. The molecule has 0 aromatic heterocycles. The highest BCUT2D eigenvalue weighted by Gasteiger charge is 2.45. The first-order chi connectivity index (χ1) is 9.64. The zero-order chi connectivity index (χ0) is 14.2. The molecule has 1 N–H and O–H groups in total. The Morgan fingerprint density at radius 1 is 1.30 bits per heavy atom. The van der Waals surface area contributed by atoms with E-state index in [1.54, 1.807) is 6.07 Å². The van der Waals surface area contributed by atoms with E-state index >= 15 is 0 Å². The Morgan fingerprint density at radius 3 is 2.80 bits per heavy atom. The summed E-state index contributed by atoms with van der Waals surface area (Å²) in [5, 5.41) is 5.00. The molecule has 1 aliphatic rings. The lowest BCUT2D eigenvalue weighted by Gasteiger charge is -2.19. The van der Waals surface area contributed by atoms with Gasteiger partial charge in [0.05, 0.1) is 0 Å². The van der Waals surface area contributed by atoms with E-state index in [-0.39, 0.29) is 17.1 Å². The number of rotatable bonds is 4. The molecule has 2 nitrogen and oxygen atoms in total. The van der Waals surface area contributed by atoms with Gasteiger partial charge >= 0.3 is 0 Å². The molecule has 1 saturated carbocycles. The molecule has 1 fully saturated rings. The third kappa shape index (κ3) is 2.28. The first kappa shape index (κ1) is 13.1. The molecule has 0 atom stereocenters. The minimum Gasteiger partial charge on any atom is -0.355 e. The number of benzene rings is 2. The lowest BCUT2D eigenvalue weighted by Crippen LogP contribution is -2.31. The minimum absolute atomic E-state index is 0.00185. The molecule has 3 heteroatoms. The van der Waals surface area contributed by atoms with Crippen LogP contribution in [0.1, 0.15) is 31.7 Å². The molecule has 1 amide bonds. The minimum atomic E-state index is -0.210. The van der Waals surface area contributed by atoms with Gasteiger partial charge in [-0.25, -0.2) is 4.39 Å². The average Bonchev–Trinajstić information content (AvgIpc) is 3.25. The number of amides is 1. The van der Waals surface area contributed by atoms with Gasteiger partial charge in [-0.1, -0.05) is 31.2 Å². The van der Waals surface area contributed by atoms with E-state index in [0.29, 0.717) is 13.0 Å². The quantitative estimate of drug-likeness (QED) is 0.905. The van der Waals surface area contributed by atoms with Crippen molar-refractivity contribution in [3.05, 3.63) is 47.8 Å². The van der Waals surface area contributed by atoms with E-state index < -0.39 is 0 Å². The maximum absolute atomic E-state index is 13.5. The lowest BCUT2D eigenvalue weighted by molar-refractivity contribution is -0.120. The molecule has 1 aliphatic carbocycles. The van der Waals surface area contributed by atoms with E-state index in [0.717, 1.165) is 29.2 Å². The Kier molecular flexibility index (Phi) is 3.20. The van der Waals surface area contributed by atoms with Crippen LogP contribution in [0.2, 0.25) is 0 Å². The molecule has 2 aromatic rings. The molecule has 0 bridgehead atoms. The summed E-state index contributed by atoms with van der Waals surface area (Å²) in [5.74, 6) is -0.138. The SMILES string of the molecule is CCC(=O)NCC1(c2cccc3ccc(F)cc23)CC1. The second-order valence-electron chi connectivity index (χ2n) is 5.58. The van der Waals surface area contributed by atoms with Gasteiger partial charge in [-0.3, -0.25) is 4.79 Å². The van der Waals surface area contributed by atoms with Crippen LogP contribution in [-0.2, 0) is 10.2 Å². The summed E-state index contributed by atoms with van der Waals surface area (Å²) < 4.78 is 13.5. The van der Waals surface area contributed by atoms with Crippen molar-refractivity contribution in [3.8, 4) is 0 Å². The van der Waals surface area contributed by atoms with E-state index in [9.17, 15) is 9.18 Å². The summed E-state index contributed by atoms with van der Waals surface area (Å²) in [4.78, 5) is 11.5. The topological polar surface area (TPSA) is 29.1 Å². The van der Waals surface area contributed by atoms with Crippen molar-refractivity contribution >= 4 is 16.7 Å². The van der Waals surface area contributed by atoms with Crippen LogP contribution < -0.4 is 5.32 Å². The number of halogens is 1. The van der Waals surface area contributed by atoms with Crippen LogP contribution in [0.4, 0.5) is 4.39 Å². The summed E-state index contributed by atoms with van der Waals surface area (Å²) in [5.41, 5.74) is 1.16. The molecule has 20 heavy (non-hydrogen) atoms. The van der Waals surface area contributed by atoms with Crippen molar-refractivity contribution in [2.24, 2.45) is 0 Å². The van der Waals surface area contributed by atoms with E-state index in [1.807, 2.05) is 25.1 Å². The summed E-state index contributed by atoms with van der Waals surface area (Å²) in [7, 11) is 0. The maximum Gasteiger partial charge on any atom is 0.219 e. The van der Waals surface area contributed by atoms with Crippen molar-refractivity contribution in [3.63, 3.8) is 0 Å². The Bertz CT molecular complexity index is 661. The number of nitrogens with one attached hydrogen (secondary N) is 1. The van der Waals surface area contributed by atoms with Crippen molar-refractivity contribution in [2.45, 2.75) is 31.6 Å². The van der Waals surface area contributed by atoms with Crippen LogP contribution in [0.15, 0.2) is 36.4 Å². The number of hydrogen-bond acceptors (Lipinski definition) is 1. The smallest absolute Gasteiger partial charge is 0.219 e. The van der Waals surface area contributed by atoms with Crippen LogP contribution in [0.3, 0.4) is 0 Å². The maximum atomic E-state index is 13.5. The Morgan fingerprint density at radius 2 is 2.10 bits per heavy atom. The van der Waals surface area contributed by atoms with Gasteiger partial charge in [0.2, 0.25) is 5.91 Å². The number of carbonyl (C=O) groups excluding carboxylic acids is 1. The standard InChI is InChI=1S/C17H18FNO/c1-2-16(20)19-11-17(8-9-17)15-5-3-4-12-6-7-13(18)10-14(12)15/h3-7,10H,2,8-9,11H2,1H3,(H,19,20). The molecule has 0 heterocycles. The molecular weight excluding hydrogens is 253 g/mol. The van der Waals surface area contributed by atoms with Crippen LogP contribution >= 0.6 is 0 Å². The molecule has 0 aliphatic heterocycles. The van der Waals surface area contributed by atoms with Gasteiger partial charge in [0.15, 0.2) is 0 Å². The Labute approximate surface area is 118 Å². The fraction of sp³-hybridized carbons (Fsp3) is 0.353. The highest BCUT2D eigenvalue weighted by molar-refractivity contribution is 5.87. The molecule has 3 rings (SSSR count). The van der Waals surface area contributed by atoms with Gasteiger partial charge in [0.1, 0.15) is 5.82 Å². The van der Waals surface area contributed by atoms with Crippen LogP contribution in [0.25, 0.3) is 10.8 Å². The normalized spacial score (nSPS) is 16.1. The first-order valence-electron chi connectivity index (χ1n) is 7.10. The number of fused-ring (bicyclic) bond motifs is 1. The van der Waals surface area contributed by atoms with Crippen molar-refractivity contribution in [1.82, 2.24) is 5.32 Å². The average molecular weight is 271 g/mol. The van der Waals surface area contributed by atoms with E-state index in [4.69, 9.17) is 0 Å². The molecule has 0 radical (unpaired) electrons. The highest BCUT2D eigenvalue weighted by atomic mass is 19.1. The van der Waals surface area contributed by atoms with Crippen molar-refractivity contribution in [1.29, 1.82) is 0 Å². The van der Waals surface area contributed by atoms with Gasteiger partial charge in [0.25, 0.3) is 0 Å². The third-order valence-electron chi connectivity index (χ3n) is 4.21. The molecule has 0 unspecified atom stereocenters. The summed E-state index contributed by atoms with van der Waals surface area (Å²) in [6.07, 6.45) is 2.60. The van der Waals surface area contributed by atoms with Crippen LogP contribution in [0, 0.1) is 5.82 Å². The largest absolute Gasteiger partial charge is 0.355 e. The van der Waals surface area contributed by atoms with Gasteiger partial charge in [-0.15, -0.1) is 0 Å². The third-order valence-corrected chi connectivity index (χ3v) is 4.21. The van der Waals surface area contributed by atoms with Gasteiger partial charge in [0, 0.05) is 18.4 Å². The van der Waals surface area contributed by atoms with Crippen molar-refractivity contribution in [2.75, 3.05) is 6.54 Å². The zero-order valence-electron chi connectivity index (χ0n) is 11.6. The summed E-state index contributed by atoms with van der Waals surface area (Å²) in [6, 6.07) is 11.0. The number of carbonyl (C=O) groups is 1. The molecule has 0 saturated heterocycles. The fourth-order valence-electron chi connectivity index (χ4n) is 2.79. The van der Waals surface area contributed by atoms with Gasteiger partial charge in [-0.05, 0) is 41.3 Å². The first-order valence-corrected chi connectivity index (χ1v) is 7.10. The van der Waals surface area contributed by atoms with Crippen LogP contribution in [-0.4, -0.2) is 12.5 Å². The molecule has 2 aromatic carbocycles. The monoisotopic (exact) mass is 271 g/mol. The molecule has 104 valence electrons. The number of hydrogen-bond donors (Lipinski definition) is 1. The zero-order valence-corrected chi connectivity index (χ0v) is 11.6. The summed E-state index contributed by atoms with van der Waals surface area (Å²) >= 11 is 0.